The number of benzene rings is 2. The molecule has 8 nitrogen and oxygen atoms in total. The van der Waals surface area contributed by atoms with Crippen LogP contribution in [0.5, 0.6) is 0 Å². The summed E-state index contributed by atoms with van der Waals surface area (Å²) in [5.41, 5.74) is 8.22. The summed E-state index contributed by atoms with van der Waals surface area (Å²) in [6.45, 7) is 0. The SMILES string of the molecule is NC(=O)CCCC(NC(=O)CSc1ccc([N+](=O)[O-])cn1)c1cccc(-c2ccccc2)c1. The molecule has 0 aliphatic rings. The Balaban J connectivity index is 1.69. The highest BCUT2D eigenvalue weighted by Crippen LogP contribution is 2.26. The number of nitro groups is 1. The highest BCUT2D eigenvalue weighted by atomic mass is 32.2. The number of nitrogens with one attached hydrogen (secondary N) is 1. The lowest BCUT2D eigenvalue weighted by Crippen LogP contribution is -2.30. The molecule has 3 N–H and O–H groups in total. The Morgan fingerprint density at radius 3 is 2.48 bits per heavy atom. The number of rotatable bonds is 11. The zero-order chi connectivity index (χ0) is 23.6. The van der Waals surface area contributed by atoms with Gasteiger partial charge in [-0.1, -0.05) is 60.3 Å². The summed E-state index contributed by atoms with van der Waals surface area (Å²) in [5.74, 6) is -0.470. The topological polar surface area (TPSA) is 128 Å². The predicted octanol–water partition coefficient (Wildman–Crippen LogP) is 4.26. The van der Waals surface area contributed by atoms with Crippen LogP contribution >= 0.6 is 11.8 Å². The van der Waals surface area contributed by atoms with E-state index in [1.54, 1.807) is 0 Å². The second kappa shape index (κ2) is 11.8. The van der Waals surface area contributed by atoms with Gasteiger partial charge in [-0.15, -0.1) is 0 Å². The van der Waals surface area contributed by atoms with Gasteiger partial charge in [-0.05, 0) is 41.7 Å². The smallest absolute Gasteiger partial charge is 0.287 e. The number of nitrogens with two attached hydrogens (primary N) is 1. The molecule has 33 heavy (non-hydrogen) atoms. The summed E-state index contributed by atoms with van der Waals surface area (Å²) in [6.07, 6.45) is 2.52. The second-order valence-corrected chi connectivity index (χ2v) is 8.37. The Morgan fingerprint density at radius 1 is 1.06 bits per heavy atom. The van der Waals surface area contributed by atoms with E-state index >= 15 is 0 Å². The number of primary amides is 1. The first-order valence-corrected chi connectivity index (χ1v) is 11.4. The van der Waals surface area contributed by atoms with Crippen molar-refractivity contribution in [3.8, 4) is 11.1 Å². The minimum atomic E-state index is -0.519. The van der Waals surface area contributed by atoms with E-state index in [-0.39, 0.29) is 35.7 Å². The van der Waals surface area contributed by atoms with E-state index in [0.717, 1.165) is 16.7 Å². The van der Waals surface area contributed by atoms with Crippen molar-refractivity contribution in [3.05, 3.63) is 88.6 Å². The molecule has 9 heteroatoms. The molecule has 170 valence electrons. The van der Waals surface area contributed by atoms with Crippen LogP contribution in [0.3, 0.4) is 0 Å². The summed E-state index contributed by atoms with van der Waals surface area (Å²) in [7, 11) is 0. The van der Waals surface area contributed by atoms with Gasteiger partial charge in [0.2, 0.25) is 11.8 Å². The van der Waals surface area contributed by atoms with E-state index in [0.29, 0.717) is 17.9 Å². The minimum absolute atomic E-state index is 0.100. The lowest BCUT2D eigenvalue weighted by molar-refractivity contribution is -0.385. The highest BCUT2D eigenvalue weighted by molar-refractivity contribution is 7.99. The van der Waals surface area contributed by atoms with Crippen LogP contribution in [0.4, 0.5) is 5.69 Å². The molecule has 1 atom stereocenters. The van der Waals surface area contributed by atoms with Gasteiger partial charge in [0.25, 0.3) is 5.69 Å². The first-order valence-electron chi connectivity index (χ1n) is 10.4. The van der Waals surface area contributed by atoms with Crippen LogP contribution in [-0.4, -0.2) is 27.5 Å². The van der Waals surface area contributed by atoms with Gasteiger partial charge < -0.3 is 11.1 Å². The minimum Gasteiger partial charge on any atom is -0.370 e. The number of thioether (sulfide) groups is 1. The number of hydrogen-bond acceptors (Lipinski definition) is 6. The molecule has 1 aromatic heterocycles. The molecule has 0 aliphatic heterocycles. The van der Waals surface area contributed by atoms with Gasteiger partial charge in [0.05, 0.1) is 21.7 Å². The molecule has 0 saturated heterocycles. The van der Waals surface area contributed by atoms with Gasteiger partial charge in [0.15, 0.2) is 0 Å². The number of pyridine rings is 1. The third-order valence-corrected chi connectivity index (χ3v) is 5.87. The summed E-state index contributed by atoms with van der Waals surface area (Å²) in [4.78, 5) is 38.1. The molecule has 3 aromatic rings. The fourth-order valence-electron chi connectivity index (χ4n) is 3.31. The average molecular weight is 465 g/mol. The molecule has 1 heterocycles. The Labute approximate surface area is 195 Å². The normalized spacial score (nSPS) is 11.5. The van der Waals surface area contributed by atoms with Gasteiger partial charge in [-0.3, -0.25) is 19.7 Å². The van der Waals surface area contributed by atoms with Crippen LogP contribution in [0.15, 0.2) is 78.0 Å². The number of aromatic nitrogens is 1. The van der Waals surface area contributed by atoms with Crippen molar-refractivity contribution in [1.29, 1.82) is 0 Å². The fraction of sp³-hybridized carbons (Fsp3) is 0.208. The van der Waals surface area contributed by atoms with Crippen LogP contribution in [0.1, 0.15) is 30.9 Å². The number of hydrogen-bond donors (Lipinski definition) is 2. The van der Waals surface area contributed by atoms with Crippen molar-refractivity contribution >= 4 is 29.3 Å². The zero-order valence-corrected chi connectivity index (χ0v) is 18.7. The van der Waals surface area contributed by atoms with Crippen LogP contribution in [0, 0.1) is 10.1 Å². The van der Waals surface area contributed by atoms with Gasteiger partial charge in [-0.2, -0.15) is 0 Å². The van der Waals surface area contributed by atoms with E-state index in [9.17, 15) is 19.7 Å². The maximum Gasteiger partial charge on any atom is 0.287 e. The molecular formula is C24H24N4O4S. The molecule has 2 aromatic carbocycles. The maximum atomic E-state index is 12.7. The molecule has 0 radical (unpaired) electrons. The molecule has 0 spiro atoms. The first kappa shape index (κ1) is 23.9. The first-order chi connectivity index (χ1) is 15.9. The van der Waals surface area contributed by atoms with E-state index in [4.69, 9.17) is 5.73 Å². The van der Waals surface area contributed by atoms with Crippen LogP contribution < -0.4 is 11.1 Å². The molecule has 0 saturated carbocycles. The van der Waals surface area contributed by atoms with Crippen LogP contribution in [0.2, 0.25) is 0 Å². The summed E-state index contributed by atoms with van der Waals surface area (Å²) in [5, 5.41) is 14.3. The van der Waals surface area contributed by atoms with E-state index < -0.39 is 4.92 Å². The summed E-state index contributed by atoms with van der Waals surface area (Å²) >= 11 is 1.20. The van der Waals surface area contributed by atoms with Crippen molar-refractivity contribution in [2.24, 2.45) is 5.73 Å². The molecule has 0 fully saturated rings. The third kappa shape index (κ3) is 7.43. The molecule has 2 amide bonds. The fourth-order valence-corrected chi connectivity index (χ4v) is 3.96. The zero-order valence-electron chi connectivity index (χ0n) is 17.8. The summed E-state index contributed by atoms with van der Waals surface area (Å²) < 4.78 is 0. The van der Waals surface area contributed by atoms with Gasteiger partial charge in [0, 0.05) is 12.5 Å². The molecule has 1 unspecified atom stereocenters. The van der Waals surface area contributed by atoms with Crippen molar-refractivity contribution in [2.75, 3.05) is 5.75 Å². The Morgan fingerprint density at radius 2 is 1.82 bits per heavy atom. The van der Waals surface area contributed by atoms with Crippen LogP contribution in [0.25, 0.3) is 11.1 Å². The predicted molar refractivity (Wildman–Crippen MR) is 127 cm³/mol. The monoisotopic (exact) mass is 464 g/mol. The Bertz CT molecular complexity index is 1110. The van der Waals surface area contributed by atoms with Gasteiger partial charge in [0.1, 0.15) is 6.20 Å². The largest absolute Gasteiger partial charge is 0.370 e. The second-order valence-electron chi connectivity index (χ2n) is 7.37. The molecule has 0 bridgehead atoms. The number of nitrogens with zero attached hydrogens (tertiary/aromatic N) is 2. The van der Waals surface area contributed by atoms with Crippen LogP contribution in [-0.2, 0) is 9.59 Å². The molecular weight excluding hydrogens is 440 g/mol. The van der Waals surface area contributed by atoms with Crippen molar-refractivity contribution in [2.45, 2.75) is 30.3 Å². The highest BCUT2D eigenvalue weighted by Gasteiger charge is 2.16. The standard InChI is InChI=1S/C24H24N4O4S/c25-22(29)11-5-10-21(19-9-4-8-18(14-19)17-6-2-1-3-7-17)27-23(30)16-33-24-13-12-20(15-26-24)28(31)32/h1-4,6-9,12-15,21H,5,10-11,16H2,(H2,25,29)(H,27,30). The number of carbonyl (C=O) groups is 2. The lowest BCUT2D eigenvalue weighted by Gasteiger charge is -2.20. The molecule has 3 rings (SSSR count). The van der Waals surface area contributed by atoms with E-state index in [1.165, 1.54) is 30.1 Å². The van der Waals surface area contributed by atoms with E-state index in [2.05, 4.69) is 10.3 Å². The van der Waals surface area contributed by atoms with Crippen molar-refractivity contribution in [1.82, 2.24) is 10.3 Å². The van der Waals surface area contributed by atoms with Crippen molar-refractivity contribution in [3.63, 3.8) is 0 Å². The summed E-state index contributed by atoms with van der Waals surface area (Å²) in [6, 6.07) is 20.5. The Hall–Kier alpha value is -3.72. The maximum absolute atomic E-state index is 12.7. The number of carbonyl (C=O) groups excluding carboxylic acids is 2. The van der Waals surface area contributed by atoms with Crippen molar-refractivity contribution < 1.29 is 14.5 Å². The Kier molecular flexibility index (Phi) is 8.54. The van der Waals surface area contributed by atoms with E-state index in [1.807, 2.05) is 54.6 Å². The third-order valence-electron chi connectivity index (χ3n) is 4.93. The lowest BCUT2D eigenvalue weighted by atomic mass is 9.96. The van der Waals surface area contributed by atoms with Gasteiger partial charge in [-0.25, -0.2) is 4.98 Å². The quantitative estimate of drug-likeness (QED) is 0.248. The van der Waals surface area contributed by atoms with Gasteiger partial charge >= 0.3 is 0 Å². The number of amides is 2. The average Bonchev–Trinajstić information content (AvgIpc) is 2.83. The molecule has 0 aliphatic carbocycles.